The molecule has 22 rings (SSSR count). The first-order chi connectivity index (χ1) is 50.1. The maximum absolute atomic E-state index is 5.60. The predicted octanol–water partition coefficient (Wildman–Crippen LogP) is 17.7. The van der Waals surface area contributed by atoms with Crippen molar-refractivity contribution in [1.29, 1.82) is 0 Å². The molecule has 0 atom stereocenters. The van der Waals surface area contributed by atoms with Crippen molar-refractivity contribution in [3.05, 3.63) is 303 Å². The molecular weight excluding hydrogens is 1270 g/mol. The Balaban J connectivity index is 0.795. The number of imidazole rings is 8. The molecule has 0 amide bonds. The second-order valence-corrected chi connectivity index (χ2v) is 28.2. The lowest BCUT2D eigenvalue weighted by Gasteiger charge is -2.42. The highest BCUT2D eigenvalue weighted by Crippen LogP contribution is 2.74. The Morgan fingerprint density at radius 2 is 0.426 bits per heavy atom. The molecule has 19 heteroatoms. The minimum atomic E-state index is -2.49. The van der Waals surface area contributed by atoms with Gasteiger partial charge < -0.3 is 0 Å². The summed E-state index contributed by atoms with van der Waals surface area (Å²) in [6, 6.07) is 105. The summed E-state index contributed by atoms with van der Waals surface area (Å²) >= 11 is 0. The number of hydrogen-bond donors (Lipinski definition) is 0. The Morgan fingerprint density at radius 1 is 0.188 bits per heavy atom. The minimum Gasteiger partial charge on any atom is -0.276 e. The second-order valence-electron chi connectivity index (χ2n) is 25.1. The lowest BCUT2D eigenvalue weighted by atomic mass is 10.2. The number of rotatable bonds is 10. The van der Waals surface area contributed by atoms with Gasteiger partial charge in [0.2, 0.25) is 46.9 Å². The topological polar surface area (TPSA) is 166 Å². The van der Waals surface area contributed by atoms with E-state index in [2.05, 4.69) is 242 Å². The van der Waals surface area contributed by atoms with Gasteiger partial charge in [-0.05, 0) is 146 Å². The summed E-state index contributed by atoms with van der Waals surface area (Å²) in [5, 5.41) is 0. The highest BCUT2D eigenvalue weighted by atomic mass is 32.3. The largest absolute Gasteiger partial charge is 0.276 e. The fourth-order valence-electron chi connectivity index (χ4n) is 15.3. The fourth-order valence-corrected chi connectivity index (χ4v) is 19.2. The van der Waals surface area contributed by atoms with Crippen LogP contribution in [0, 0.1) is 0 Å². The van der Waals surface area contributed by atoms with Crippen molar-refractivity contribution in [2.45, 2.75) is 19.6 Å². The van der Waals surface area contributed by atoms with Crippen LogP contribution in [0.2, 0.25) is 0 Å². The Kier molecular flexibility index (Phi) is 11.5. The van der Waals surface area contributed by atoms with Gasteiger partial charge in [-0.25, -0.2) is 38.2 Å². The van der Waals surface area contributed by atoms with Crippen molar-refractivity contribution in [3.8, 4) is 46.6 Å². The van der Waals surface area contributed by atoms with Gasteiger partial charge in [0, 0.05) is 30.7 Å². The molecule has 0 radical (unpaired) electrons. The van der Waals surface area contributed by atoms with Crippen LogP contribution in [0.25, 0.3) is 158 Å². The third kappa shape index (κ3) is 7.87. The zero-order valence-electron chi connectivity index (χ0n) is 53.3. The first-order valence-corrected chi connectivity index (χ1v) is 34.9. The van der Waals surface area contributed by atoms with E-state index in [1.54, 1.807) is 0 Å². The van der Waals surface area contributed by atoms with Crippen molar-refractivity contribution >= 4 is 121 Å². The zero-order valence-corrected chi connectivity index (χ0v) is 54.1. The van der Waals surface area contributed by atoms with Crippen LogP contribution in [0.4, 0.5) is 0 Å². The number of benzene rings is 12. The zero-order chi connectivity index (χ0) is 66.0. The molecule has 10 heterocycles. The Hall–Kier alpha value is -13.9. The maximum Gasteiger partial charge on any atom is 0.242 e. The second kappa shape index (κ2) is 21.0. The molecule has 12 aromatic carbocycles. The Labute approximate surface area is 573 Å². The Bertz CT molecular complexity index is 6430. The van der Waals surface area contributed by atoms with Gasteiger partial charge in [-0.15, -0.1) is 10.0 Å². The maximum atomic E-state index is 5.60. The van der Waals surface area contributed by atoms with Gasteiger partial charge in [0.15, 0.2) is 11.6 Å². The van der Waals surface area contributed by atoms with Crippen molar-refractivity contribution in [1.82, 2.24) is 85.7 Å². The van der Waals surface area contributed by atoms with Crippen LogP contribution in [0.5, 0.6) is 0 Å². The van der Waals surface area contributed by atoms with Crippen molar-refractivity contribution in [3.63, 3.8) is 0 Å². The minimum absolute atomic E-state index is 0.391. The number of nitrogens with zero attached hydrogens (tertiary/aromatic N) is 18. The van der Waals surface area contributed by atoms with Crippen molar-refractivity contribution in [2.75, 3.05) is 0 Å². The van der Waals surface area contributed by atoms with Crippen molar-refractivity contribution in [2.24, 2.45) is 0 Å². The first kappa shape index (κ1) is 55.2. The van der Waals surface area contributed by atoms with Gasteiger partial charge in [-0.3, -0.25) is 17.6 Å². The molecule has 0 saturated heterocycles. The normalized spacial score (nSPS) is 12.5. The highest BCUT2D eigenvalue weighted by molar-refractivity contribution is 8.34. The van der Waals surface area contributed by atoms with Crippen LogP contribution in [0.15, 0.2) is 323 Å². The van der Waals surface area contributed by atoms with E-state index in [1.807, 2.05) is 97.1 Å². The molecule has 0 aliphatic carbocycles. The number of fused-ring (bicyclic) bond motifs is 20. The molecule has 474 valence electrons. The summed E-state index contributed by atoms with van der Waals surface area (Å²) in [7, 11) is -2.49. The van der Waals surface area contributed by atoms with E-state index in [0.717, 1.165) is 119 Å². The van der Waals surface area contributed by atoms with Gasteiger partial charge in [0.1, 0.15) is 0 Å². The SMILES string of the molecule is c1ccc(S(c2ccccc2)(c2cccc(-c3nc(-n4c5ccccc5n5c6ccccc6nc45)nc(-n4c5ccccc5n5c6ccccc6nc45)n3)c2)c2cccc(-c3nc(-n4c5ccccc5n5c6ccccc6nc45)nc(-n4c5ccccc5n5c6ccccc6nc45)n3)c2)cc1. The van der Waals surface area contributed by atoms with Crippen LogP contribution in [0.1, 0.15) is 0 Å². The van der Waals surface area contributed by atoms with Crippen molar-refractivity contribution < 1.29 is 0 Å². The van der Waals surface area contributed by atoms with E-state index in [-0.39, 0.29) is 0 Å². The van der Waals surface area contributed by atoms with Gasteiger partial charge in [0.25, 0.3) is 0 Å². The molecule has 10 aromatic heterocycles. The molecule has 0 aliphatic heterocycles. The summed E-state index contributed by atoms with van der Waals surface area (Å²) in [5.41, 5.74) is 16.2. The number of hydrogen-bond acceptors (Lipinski definition) is 10. The molecule has 0 unspecified atom stereocenters. The van der Waals surface area contributed by atoms with Gasteiger partial charge in [0.05, 0.1) is 88.3 Å². The van der Waals surface area contributed by atoms with Gasteiger partial charge in [-0.1, -0.05) is 158 Å². The molecule has 0 aliphatic rings. The van der Waals surface area contributed by atoms with E-state index < -0.39 is 10.0 Å². The quantitative estimate of drug-likeness (QED) is 0.129. The van der Waals surface area contributed by atoms with Crippen LogP contribution >= 0.6 is 10.0 Å². The molecule has 0 bridgehead atoms. The third-order valence-corrected chi connectivity index (χ3v) is 23.4. The average Bonchev–Trinajstić information content (AvgIpc) is 1.60. The van der Waals surface area contributed by atoms with Gasteiger partial charge in [-0.2, -0.15) is 29.9 Å². The standard InChI is InChI=1S/C82H50N18S/c1-3-27-53(28-4-1)101(54-29-5-2-6-30-54,55-31-23-25-51(49-55)73-87-75(97-69-45-19-15-41-65(69)93-61-37-11-7-33-57(61)83-79(93)97)91-76(88-73)98-70-46-20-16-42-66(70)94-62-38-12-8-34-58(62)84-80(94)98)56-32-24-26-52(50-56)74-89-77(99-71-47-21-17-43-67(71)95-63-39-13-9-35-59(63)85-81(95)99)92-78(90-74)100-72-48-22-18-44-68(72)96-64-40-14-10-36-60(64)86-82(96)100/h1-50H. The van der Waals surface area contributed by atoms with E-state index >= 15 is 0 Å². The predicted molar refractivity (Wildman–Crippen MR) is 396 cm³/mol. The molecule has 0 spiro atoms. The average molecular weight is 1320 g/mol. The fraction of sp³-hybridized carbons (Fsp3) is 0. The van der Waals surface area contributed by atoms with Crippen LogP contribution in [0.3, 0.4) is 0 Å². The van der Waals surface area contributed by atoms with Crippen LogP contribution in [-0.4, -0.2) is 85.7 Å². The molecule has 0 N–H and O–H groups in total. The van der Waals surface area contributed by atoms with Gasteiger partial charge >= 0.3 is 0 Å². The lowest BCUT2D eigenvalue weighted by Crippen LogP contribution is -2.11. The monoisotopic (exact) mass is 1320 g/mol. The summed E-state index contributed by atoms with van der Waals surface area (Å²) < 4.78 is 17.0. The molecule has 22 aromatic rings. The third-order valence-electron chi connectivity index (χ3n) is 19.5. The summed E-state index contributed by atoms with van der Waals surface area (Å²) in [5.74, 6) is 5.14. The Morgan fingerprint density at radius 3 is 0.713 bits per heavy atom. The van der Waals surface area contributed by atoms with E-state index in [0.29, 0.717) is 58.6 Å². The molecule has 0 saturated carbocycles. The lowest BCUT2D eigenvalue weighted by molar-refractivity contribution is 0.876. The highest BCUT2D eigenvalue weighted by Gasteiger charge is 2.35. The molecule has 18 nitrogen and oxygen atoms in total. The summed E-state index contributed by atoms with van der Waals surface area (Å²) in [4.78, 5) is 59.0. The van der Waals surface area contributed by atoms with E-state index in [4.69, 9.17) is 49.8 Å². The molecular formula is C82H50N18S. The van der Waals surface area contributed by atoms with E-state index in [9.17, 15) is 0 Å². The van der Waals surface area contributed by atoms with Crippen LogP contribution in [-0.2, 0) is 0 Å². The molecule has 101 heavy (non-hydrogen) atoms. The first-order valence-electron chi connectivity index (χ1n) is 33.2. The summed E-state index contributed by atoms with van der Waals surface area (Å²) in [6.07, 6.45) is 0. The number of para-hydroxylation sites is 16. The summed E-state index contributed by atoms with van der Waals surface area (Å²) in [6.45, 7) is 0. The van der Waals surface area contributed by atoms with E-state index in [1.165, 1.54) is 0 Å². The smallest absolute Gasteiger partial charge is 0.242 e. The number of aromatic nitrogens is 18. The van der Waals surface area contributed by atoms with Crippen LogP contribution < -0.4 is 0 Å². The molecule has 0 fully saturated rings.